The Morgan fingerprint density at radius 3 is 1.36 bits per heavy atom. The summed E-state index contributed by atoms with van der Waals surface area (Å²) in [6.07, 6.45) is 7.61. The molecule has 0 spiro atoms. The van der Waals surface area contributed by atoms with Crippen LogP contribution in [0, 0.1) is 11.8 Å². The fourth-order valence-corrected chi connectivity index (χ4v) is 1.79. The normalized spacial score (nSPS) is 15.4. The first kappa shape index (κ1) is 13.9. The molecule has 2 atom stereocenters. The fraction of sp³-hybridized carbons (Fsp3) is 1.00. The Labute approximate surface area is 89.4 Å². The largest absolute Gasteiger partial charge is 0.330 e. The zero-order chi connectivity index (χ0) is 10.8. The summed E-state index contributed by atoms with van der Waals surface area (Å²) in [7, 11) is 0. The molecule has 0 rings (SSSR count). The maximum absolute atomic E-state index is 5.48. The molecule has 0 radical (unpaired) electrons. The van der Waals surface area contributed by atoms with Crippen molar-refractivity contribution in [2.24, 2.45) is 23.3 Å². The van der Waals surface area contributed by atoms with Crippen LogP contribution in [-0.2, 0) is 0 Å². The zero-order valence-corrected chi connectivity index (χ0v) is 9.97. The zero-order valence-electron chi connectivity index (χ0n) is 9.97. The van der Waals surface area contributed by atoms with Gasteiger partial charge in [0.2, 0.25) is 0 Å². The number of rotatable bonds is 9. The van der Waals surface area contributed by atoms with E-state index in [-0.39, 0.29) is 0 Å². The van der Waals surface area contributed by atoms with Gasteiger partial charge in [-0.15, -0.1) is 0 Å². The summed E-state index contributed by atoms with van der Waals surface area (Å²) in [5, 5.41) is 0. The standard InChI is InChI=1S/C12H28N2/c1-11(7-3-5-9-13)12(2)8-4-6-10-14/h11-12H,3-10,13-14H2,1-2H3. The molecule has 2 heteroatoms. The molecular weight excluding hydrogens is 172 g/mol. The molecule has 4 N–H and O–H groups in total. The third kappa shape index (κ3) is 7.34. The van der Waals surface area contributed by atoms with E-state index in [4.69, 9.17) is 11.5 Å². The van der Waals surface area contributed by atoms with Gasteiger partial charge in [0.25, 0.3) is 0 Å². The van der Waals surface area contributed by atoms with E-state index in [1.54, 1.807) is 0 Å². The molecule has 0 aromatic heterocycles. The number of nitrogens with two attached hydrogens (primary N) is 2. The number of hydrogen-bond acceptors (Lipinski definition) is 2. The highest BCUT2D eigenvalue weighted by atomic mass is 14.5. The lowest BCUT2D eigenvalue weighted by Gasteiger charge is -2.19. The van der Waals surface area contributed by atoms with Gasteiger partial charge in [0.05, 0.1) is 0 Å². The molecule has 0 aromatic rings. The molecular formula is C12H28N2. The molecule has 0 aliphatic carbocycles. The molecule has 2 unspecified atom stereocenters. The van der Waals surface area contributed by atoms with Gasteiger partial charge in [-0.05, 0) is 37.8 Å². The van der Waals surface area contributed by atoms with Crippen LogP contribution in [0.1, 0.15) is 52.4 Å². The second-order valence-corrected chi connectivity index (χ2v) is 4.52. The van der Waals surface area contributed by atoms with E-state index in [2.05, 4.69) is 13.8 Å². The molecule has 0 saturated carbocycles. The topological polar surface area (TPSA) is 52.0 Å². The van der Waals surface area contributed by atoms with Crippen molar-refractivity contribution in [2.45, 2.75) is 52.4 Å². The summed E-state index contributed by atoms with van der Waals surface area (Å²) in [4.78, 5) is 0. The fourth-order valence-electron chi connectivity index (χ4n) is 1.79. The molecule has 0 fully saturated rings. The van der Waals surface area contributed by atoms with Crippen molar-refractivity contribution in [2.75, 3.05) is 13.1 Å². The molecule has 0 amide bonds. The average molecular weight is 200 g/mol. The van der Waals surface area contributed by atoms with Crippen molar-refractivity contribution in [3.63, 3.8) is 0 Å². The highest BCUT2D eigenvalue weighted by molar-refractivity contribution is 4.62. The molecule has 0 aromatic carbocycles. The van der Waals surface area contributed by atoms with Crippen LogP contribution in [0.5, 0.6) is 0 Å². The van der Waals surface area contributed by atoms with Crippen LogP contribution in [0.25, 0.3) is 0 Å². The van der Waals surface area contributed by atoms with E-state index in [0.29, 0.717) is 0 Å². The molecule has 0 aliphatic rings. The van der Waals surface area contributed by atoms with Gasteiger partial charge in [-0.1, -0.05) is 39.5 Å². The van der Waals surface area contributed by atoms with Crippen LogP contribution in [0.2, 0.25) is 0 Å². The highest BCUT2D eigenvalue weighted by Crippen LogP contribution is 2.22. The summed E-state index contributed by atoms with van der Waals surface area (Å²) in [6, 6.07) is 0. The van der Waals surface area contributed by atoms with Crippen LogP contribution >= 0.6 is 0 Å². The summed E-state index contributed by atoms with van der Waals surface area (Å²) < 4.78 is 0. The van der Waals surface area contributed by atoms with Gasteiger partial charge in [-0.3, -0.25) is 0 Å². The Balaban J connectivity index is 3.39. The second-order valence-electron chi connectivity index (χ2n) is 4.52. The molecule has 14 heavy (non-hydrogen) atoms. The lowest BCUT2D eigenvalue weighted by atomic mass is 9.87. The maximum atomic E-state index is 5.48. The average Bonchev–Trinajstić information content (AvgIpc) is 2.18. The quantitative estimate of drug-likeness (QED) is 0.562. The van der Waals surface area contributed by atoms with E-state index in [0.717, 1.165) is 24.9 Å². The SMILES string of the molecule is CC(CCCCN)C(C)CCCCN. The van der Waals surface area contributed by atoms with Crippen molar-refractivity contribution in [3.05, 3.63) is 0 Å². The van der Waals surface area contributed by atoms with Gasteiger partial charge >= 0.3 is 0 Å². The third-order valence-electron chi connectivity index (χ3n) is 3.20. The molecule has 0 bridgehead atoms. The minimum atomic E-state index is 0.842. The van der Waals surface area contributed by atoms with Gasteiger partial charge in [0, 0.05) is 0 Å². The summed E-state index contributed by atoms with van der Waals surface area (Å²) in [5.41, 5.74) is 11.0. The first-order chi connectivity index (χ1) is 6.72. The molecule has 0 aliphatic heterocycles. The third-order valence-corrected chi connectivity index (χ3v) is 3.20. The summed E-state index contributed by atoms with van der Waals surface area (Å²) >= 11 is 0. The Morgan fingerprint density at radius 2 is 1.07 bits per heavy atom. The van der Waals surface area contributed by atoms with Crippen molar-refractivity contribution in [3.8, 4) is 0 Å². The van der Waals surface area contributed by atoms with Gasteiger partial charge < -0.3 is 11.5 Å². The van der Waals surface area contributed by atoms with E-state index in [9.17, 15) is 0 Å². The van der Waals surface area contributed by atoms with Crippen LogP contribution in [0.4, 0.5) is 0 Å². The molecule has 0 saturated heterocycles. The lowest BCUT2D eigenvalue weighted by molar-refractivity contribution is 0.326. The minimum absolute atomic E-state index is 0.842. The summed E-state index contributed by atoms with van der Waals surface area (Å²) in [6.45, 7) is 6.41. The van der Waals surface area contributed by atoms with Crippen molar-refractivity contribution >= 4 is 0 Å². The van der Waals surface area contributed by atoms with Crippen molar-refractivity contribution in [1.82, 2.24) is 0 Å². The van der Waals surface area contributed by atoms with Crippen LogP contribution < -0.4 is 11.5 Å². The van der Waals surface area contributed by atoms with E-state index < -0.39 is 0 Å². The monoisotopic (exact) mass is 200 g/mol. The van der Waals surface area contributed by atoms with E-state index >= 15 is 0 Å². The first-order valence-corrected chi connectivity index (χ1v) is 6.12. The smallest absolute Gasteiger partial charge is 0.00773 e. The molecule has 86 valence electrons. The van der Waals surface area contributed by atoms with E-state index in [1.165, 1.54) is 38.5 Å². The van der Waals surface area contributed by atoms with Gasteiger partial charge in [0.1, 0.15) is 0 Å². The summed E-state index contributed by atoms with van der Waals surface area (Å²) in [5.74, 6) is 1.69. The van der Waals surface area contributed by atoms with Gasteiger partial charge in [-0.25, -0.2) is 0 Å². The van der Waals surface area contributed by atoms with Crippen LogP contribution in [0.15, 0.2) is 0 Å². The number of unbranched alkanes of at least 4 members (excludes halogenated alkanes) is 2. The second kappa shape index (κ2) is 9.47. The predicted octanol–water partition coefficient (Wildman–Crippen LogP) is 2.52. The maximum Gasteiger partial charge on any atom is -0.00773 e. The van der Waals surface area contributed by atoms with Gasteiger partial charge in [0.15, 0.2) is 0 Å². The van der Waals surface area contributed by atoms with Crippen molar-refractivity contribution in [1.29, 1.82) is 0 Å². The highest BCUT2D eigenvalue weighted by Gasteiger charge is 2.10. The predicted molar refractivity (Wildman–Crippen MR) is 64.1 cm³/mol. The van der Waals surface area contributed by atoms with Crippen LogP contribution in [-0.4, -0.2) is 13.1 Å². The van der Waals surface area contributed by atoms with Gasteiger partial charge in [-0.2, -0.15) is 0 Å². The Bertz CT molecular complexity index is 101. The Hall–Kier alpha value is -0.0800. The lowest BCUT2D eigenvalue weighted by Crippen LogP contribution is -2.10. The van der Waals surface area contributed by atoms with E-state index in [1.807, 2.05) is 0 Å². The molecule has 2 nitrogen and oxygen atoms in total. The van der Waals surface area contributed by atoms with Crippen molar-refractivity contribution < 1.29 is 0 Å². The minimum Gasteiger partial charge on any atom is -0.330 e. The molecule has 0 heterocycles. The number of hydrogen-bond donors (Lipinski definition) is 2. The van der Waals surface area contributed by atoms with Crippen LogP contribution in [0.3, 0.4) is 0 Å². The Kier molecular flexibility index (Phi) is 9.42. The first-order valence-electron chi connectivity index (χ1n) is 6.12. The Morgan fingerprint density at radius 1 is 0.714 bits per heavy atom.